The van der Waals surface area contributed by atoms with E-state index in [1.54, 1.807) is 37.3 Å². The Kier molecular flexibility index (Phi) is 11.8. The fourth-order valence-corrected chi connectivity index (χ4v) is 6.22. The molecule has 0 aliphatic rings. The molecule has 2 amide bonds. The summed E-state index contributed by atoms with van der Waals surface area (Å²) in [6.07, 6.45) is 1.88. The second kappa shape index (κ2) is 14.9. The maximum absolute atomic E-state index is 14.0. The third kappa shape index (κ3) is 8.35. The Morgan fingerprint density at radius 2 is 1.66 bits per heavy atom. The molecule has 0 spiro atoms. The van der Waals surface area contributed by atoms with E-state index in [0.29, 0.717) is 17.1 Å². The molecule has 7 nitrogen and oxygen atoms in total. The molecule has 0 unspecified atom stereocenters. The summed E-state index contributed by atoms with van der Waals surface area (Å²) in [6.45, 7) is 3.40. The zero-order valence-corrected chi connectivity index (χ0v) is 25.7. The third-order valence-corrected chi connectivity index (χ3v) is 9.04. The average molecular weight is 643 g/mol. The van der Waals surface area contributed by atoms with Gasteiger partial charge in [-0.3, -0.25) is 13.9 Å². The highest BCUT2D eigenvalue weighted by molar-refractivity contribution is 7.92. The number of anilines is 1. The SMILES string of the molecule is CCCCNC(=O)[C@@H](CC)N(Cc1ccc(Cl)cc1Cl)C(=O)CN(c1ccc(F)c(Cl)c1)S(=O)(=O)c1ccccc1. The predicted molar refractivity (Wildman–Crippen MR) is 161 cm³/mol. The number of carbonyl (C=O) groups excluding carboxylic acids is 2. The van der Waals surface area contributed by atoms with Crippen molar-refractivity contribution in [2.75, 3.05) is 17.4 Å². The molecule has 1 N–H and O–H groups in total. The van der Waals surface area contributed by atoms with Crippen molar-refractivity contribution >= 4 is 62.3 Å². The Labute approximate surface area is 255 Å². The molecule has 0 fully saturated rings. The van der Waals surface area contributed by atoms with Crippen molar-refractivity contribution in [2.24, 2.45) is 0 Å². The van der Waals surface area contributed by atoms with Crippen LogP contribution in [0, 0.1) is 5.82 Å². The van der Waals surface area contributed by atoms with Gasteiger partial charge in [0.1, 0.15) is 18.4 Å². The van der Waals surface area contributed by atoms with E-state index in [2.05, 4.69) is 5.32 Å². The quantitative estimate of drug-likeness (QED) is 0.210. The molecule has 41 heavy (non-hydrogen) atoms. The number of sulfonamides is 1. The van der Waals surface area contributed by atoms with E-state index in [4.69, 9.17) is 34.8 Å². The minimum Gasteiger partial charge on any atom is -0.354 e. The first-order valence-corrected chi connectivity index (χ1v) is 15.6. The molecule has 12 heteroatoms. The minimum absolute atomic E-state index is 0.0153. The molecule has 0 bridgehead atoms. The van der Waals surface area contributed by atoms with Gasteiger partial charge >= 0.3 is 0 Å². The molecule has 0 aliphatic heterocycles. The van der Waals surface area contributed by atoms with Gasteiger partial charge in [-0.1, -0.05) is 79.3 Å². The summed E-state index contributed by atoms with van der Waals surface area (Å²) in [5.74, 6) is -1.79. The number of hydrogen-bond acceptors (Lipinski definition) is 4. The Hall–Kier alpha value is -2.85. The van der Waals surface area contributed by atoms with Crippen LogP contribution in [0.4, 0.5) is 10.1 Å². The van der Waals surface area contributed by atoms with Crippen LogP contribution in [-0.2, 0) is 26.2 Å². The van der Waals surface area contributed by atoms with Gasteiger partial charge in [0.05, 0.1) is 15.6 Å². The first-order valence-electron chi connectivity index (χ1n) is 13.0. The molecule has 0 aromatic heterocycles. The van der Waals surface area contributed by atoms with E-state index in [1.165, 1.54) is 29.2 Å². The normalized spacial score (nSPS) is 12.0. The van der Waals surface area contributed by atoms with E-state index in [0.717, 1.165) is 29.3 Å². The lowest BCUT2D eigenvalue weighted by atomic mass is 10.1. The van der Waals surface area contributed by atoms with Crippen LogP contribution in [0.3, 0.4) is 0 Å². The van der Waals surface area contributed by atoms with Crippen molar-refractivity contribution in [3.8, 4) is 0 Å². The molecule has 220 valence electrons. The zero-order chi connectivity index (χ0) is 30.2. The lowest BCUT2D eigenvalue weighted by Crippen LogP contribution is -2.52. The Morgan fingerprint density at radius 1 is 0.951 bits per heavy atom. The van der Waals surface area contributed by atoms with Crippen LogP contribution >= 0.6 is 34.8 Å². The van der Waals surface area contributed by atoms with Crippen molar-refractivity contribution in [2.45, 2.75) is 50.6 Å². The maximum Gasteiger partial charge on any atom is 0.264 e. The molecule has 0 heterocycles. The number of carbonyl (C=O) groups is 2. The molecule has 0 saturated carbocycles. The van der Waals surface area contributed by atoms with Crippen LogP contribution in [0.5, 0.6) is 0 Å². The van der Waals surface area contributed by atoms with Crippen molar-refractivity contribution in [1.29, 1.82) is 0 Å². The van der Waals surface area contributed by atoms with Gasteiger partial charge < -0.3 is 10.2 Å². The summed E-state index contributed by atoms with van der Waals surface area (Å²) < 4.78 is 42.4. The summed E-state index contributed by atoms with van der Waals surface area (Å²) in [5, 5.41) is 3.23. The van der Waals surface area contributed by atoms with E-state index in [9.17, 15) is 22.4 Å². The van der Waals surface area contributed by atoms with Crippen molar-refractivity contribution in [3.05, 3.63) is 93.2 Å². The topological polar surface area (TPSA) is 86.8 Å². The van der Waals surface area contributed by atoms with Crippen molar-refractivity contribution < 1.29 is 22.4 Å². The summed E-state index contributed by atoms with van der Waals surface area (Å²) in [5.41, 5.74) is 0.505. The van der Waals surface area contributed by atoms with Crippen LogP contribution in [0.25, 0.3) is 0 Å². The number of rotatable bonds is 13. The second-order valence-electron chi connectivity index (χ2n) is 9.25. The molecular formula is C29H31Cl3FN3O4S. The number of unbranched alkanes of at least 4 members (excludes halogenated alkanes) is 1. The standard InChI is InChI=1S/C29H31Cl3FN3O4S/c1-3-5-15-34-29(38)27(4-2)35(18-20-11-12-21(30)16-24(20)31)28(37)19-36(22-13-14-26(33)25(32)17-22)41(39,40)23-9-7-6-8-10-23/h6-14,16-17,27H,3-5,15,18-19H2,1-2H3,(H,34,38)/t27-/m1/s1. The van der Waals surface area contributed by atoms with Gasteiger partial charge in [-0.25, -0.2) is 12.8 Å². The highest BCUT2D eigenvalue weighted by atomic mass is 35.5. The van der Waals surface area contributed by atoms with Gasteiger partial charge in [-0.05, 0) is 60.9 Å². The summed E-state index contributed by atoms with van der Waals surface area (Å²) >= 11 is 18.5. The van der Waals surface area contributed by atoms with Crippen molar-refractivity contribution in [3.63, 3.8) is 0 Å². The predicted octanol–water partition coefficient (Wildman–Crippen LogP) is 6.70. The number of hydrogen-bond donors (Lipinski definition) is 1. The van der Waals surface area contributed by atoms with Crippen LogP contribution in [0.15, 0.2) is 71.6 Å². The minimum atomic E-state index is -4.31. The Balaban J connectivity index is 2.07. The summed E-state index contributed by atoms with van der Waals surface area (Å²) in [4.78, 5) is 28.5. The van der Waals surface area contributed by atoms with Gasteiger partial charge in [0, 0.05) is 23.1 Å². The number of benzene rings is 3. The summed E-state index contributed by atoms with van der Waals surface area (Å²) in [7, 11) is -4.31. The molecule has 0 saturated heterocycles. The number of nitrogens with one attached hydrogen (secondary N) is 1. The first kappa shape index (κ1) is 32.7. The Morgan fingerprint density at radius 3 is 2.27 bits per heavy atom. The third-order valence-electron chi connectivity index (χ3n) is 6.37. The van der Waals surface area contributed by atoms with Gasteiger partial charge in [0.2, 0.25) is 11.8 Å². The van der Waals surface area contributed by atoms with E-state index in [1.807, 2.05) is 6.92 Å². The molecule has 1 atom stereocenters. The molecule has 0 aliphatic carbocycles. The van der Waals surface area contributed by atoms with Crippen molar-refractivity contribution in [1.82, 2.24) is 10.2 Å². The van der Waals surface area contributed by atoms with E-state index < -0.39 is 34.3 Å². The lowest BCUT2D eigenvalue weighted by Gasteiger charge is -2.33. The summed E-state index contributed by atoms with van der Waals surface area (Å²) in [6, 6.07) is 14.8. The van der Waals surface area contributed by atoms with Crippen LogP contribution in [-0.4, -0.2) is 44.3 Å². The number of nitrogens with zero attached hydrogens (tertiary/aromatic N) is 2. The largest absolute Gasteiger partial charge is 0.354 e. The van der Waals surface area contributed by atoms with Gasteiger partial charge in [0.15, 0.2) is 0 Å². The van der Waals surface area contributed by atoms with Crippen LogP contribution in [0.1, 0.15) is 38.7 Å². The smallest absolute Gasteiger partial charge is 0.264 e. The lowest BCUT2D eigenvalue weighted by molar-refractivity contribution is -0.140. The highest BCUT2D eigenvalue weighted by Crippen LogP contribution is 2.29. The molecule has 3 aromatic carbocycles. The molecular weight excluding hydrogens is 612 g/mol. The molecule has 3 rings (SSSR count). The van der Waals surface area contributed by atoms with Gasteiger partial charge in [0.25, 0.3) is 10.0 Å². The van der Waals surface area contributed by atoms with E-state index >= 15 is 0 Å². The molecule has 0 radical (unpaired) electrons. The average Bonchev–Trinajstić information content (AvgIpc) is 2.94. The number of halogens is 4. The molecule has 3 aromatic rings. The van der Waals surface area contributed by atoms with Gasteiger partial charge in [-0.2, -0.15) is 0 Å². The first-order chi connectivity index (χ1) is 19.5. The fourth-order valence-electron chi connectivity index (χ4n) is 4.15. The maximum atomic E-state index is 14.0. The second-order valence-corrected chi connectivity index (χ2v) is 12.4. The highest BCUT2D eigenvalue weighted by Gasteiger charge is 2.34. The van der Waals surface area contributed by atoms with Crippen LogP contribution < -0.4 is 9.62 Å². The van der Waals surface area contributed by atoms with E-state index in [-0.39, 0.29) is 39.5 Å². The van der Waals surface area contributed by atoms with Crippen LogP contribution in [0.2, 0.25) is 15.1 Å². The monoisotopic (exact) mass is 641 g/mol. The number of amides is 2. The fraction of sp³-hybridized carbons (Fsp3) is 0.310. The zero-order valence-electron chi connectivity index (χ0n) is 22.6. The van der Waals surface area contributed by atoms with Gasteiger partial charge in [-0.15, -0.1) is 0 Å². The Bertz CT molecular complexity index is 1480.